The first-order valence-corrected chi connectivity index (χ1v) is 14.9. The van der Waals surface area contributed by atoms with E-state index in [-0.39, 0.29) is 23.6 Å². The van der Waals surface area contributed by atoms with Gasteiger partial charge in [0, 0.05) is 36.9 Å². The summed E-state index contributed by atoms with van der Waals surface area (Å²) in [5.74, 6) is -2.74. The molecule has 42 heavy (non-hydrogen) atoms. The number of carbonyl (C=O) groups is 2. The van der Waals surface area contributed by atoms with Crippen molar-refractivity contribution in [2.45, 2.75) is 57.5 Å². The zero-order chi connectivity index (χ0) is 29.6. The molecule has 1 unspecified atom stereocenters. The highest BCUT2D eigenvalue weighted by molar-refractivity contribution is 5.97. The number of esters is 1. The average molecular weight is 576 g/mol. The minimum Gasteiger partial charge on any atom is -0.465 e. The molecule has 0 bridgehead atoms. The number of anilines is 1. The molecular weight excluding hydrogens is 536 g/mol. The molecule has 6 nitrogen and oxygen atoms in total. The smallest absolute Gasteiger partial charge is 0.341 e. The Morgan fingerprint density at radius 2 is 1.64 bits per heavy atom. The van der Waals surface area contributed by atoms with Gasteiger partial charge >= 0.3 is 5.97 Å². The topological polar surface area (TPSA) is 61.9 Å². The van der Waals surface area contributed by atoms with Gasteiger partial charge in [-0.15, -0.1) is 0 Å². The van der Waals surface area contributed by atoms with E-state index in [0.29, 0.717) is 17.2 Å². The second-order valence-corrected chi connectivity index (χ2v) is 11.3. The molecule has 0 aliphatic carbocycles. The molecule has 222 valence electrons. The monoisotopic (exact) mass is 575 g/mol. The van der Waals surface area contributed by atoms with E-state index in [4.69, 9.17) is 4.74 Å². The van der Waals surface area contributed by atoms with E-state index in [1.165, 1.54) is 82.3 Å². The first kappa shape index (κ1) is 29.7. The van der Waals surface area contributed by atoms with Crippen molar-refractivity contribution >= 4 is 17.6 Å². The van der Waals surface area contributed by atoms with Crippen LogP contribution >= 0.6 is 0 Å². The van der Waals surface area contributed by atoms with Gasteiger partial charge in [0.15, 0.2) is 0 Å². The van der Waals surface area contributed by atoms with Crippen molar-refractivity contribution in [1.82, 2.24) is 10.2 Å². The lowest BCUT2D eigenvalue weighted by atomic mass is 9.97. The molecule has 2 aliphatic heterocycles. The van der Waals surface area contributed by atoms with Crippen LogP contribution in [0.5, 0.6) is 0 Å². The first-order valence-electron chi connectivity index (χ1n) is 14.9. The first-order chi connectivity index (χ1) is 20.4. The summed E-state index contributed by atoms with van der Waals surface area (Å²) in [5.41, 5.74) is 2.70. The number of hydrogen-bond donors (Lipinski definition) is 1. The van der Waals surface area contributed by atoms with Crippen molar-refractivity contribution in [2.75, 3.05) is 38.2 Å². The van der Waals surface area contributed by atoms with Crippen LogP contribution in [0.3, 0.4) is 0 Å². The lowest BCUT2D eigenvalue weighted by Crippen LogP contribution is -2.46. The Labute approximate surface area is 246 Å². The fourth-order valence-corrected chi connectivity index (χ4v) is 6.17. The Balaban J connectivity index is 1.16. The highest BCUT2D eigenvalue weighted by Gasteiger charge is 2.26. The maximum atomic E-state index is 15.0. The summed E-state index contributed by atoms with van der Waals surface area (Å²) < 4.78 is 34.0. The molecule has 0 radical (unpaired) electrons. The van der Waals surface area contributed by atoms with Crippen molar-refractivity contribution < 1.29 is 23.1 Å². The van der Waals surface area contributed by atoms with Crippen molar-refractivity contribution in [3.8, 4) is 11.1 Å². The number of amides is 1. The van der Waals surface area contributed by atoms with Gasteiger partial charge in [-0.1, -0.05) is 42.8 Å². The lowest BCUT2D eigenvalue weighted by Gasteiger charge is -2.41. The summed E-state index contributed by atoms with van der Waals surface area (Å²) in [6.07, 6.45) is 6.38. The number of halogens is 2. The predicted octanol–water partition coefficient (Wildman–Crippen LogP) is 6.29. The normalized spacial score (nSPS) is 17.1. The lowest BCUT2D eigenvalue weighted by molar-refractivity contribution is -0.122. The summed E-state index contributed by atoms with van der Waals surface area (Å²) in [7, 11) is 1.17. The molecule has 2 aliphatic rings. The van der Waals surface area contributed by atoms with Gasteiger partial charge < -0.3 is 19.9 Å². The van der Waals surface area contributed by atoms with Crippen LogP contribution in [0.4, 0.5) is 14.5 Å². The van der Waals surface area contributed by atoms with Crippen molar-refractivity contribution in [3.05, 3.63) is 89.0 Å². The largest absolute Gasteiger partial charge is 0.465 e. The molecule has 5 rings (SSSR count). The predicted molar refractivity (Wildman–Crippen MR) is 160 cm³/mol. The fourth-order valence-electron chi connectivity index (χ4n) is 6.17. The Bertz CT molecular complexity index is 1400. The summed E-state index contributed by atoms with van der Waals surface area (Å²) in [5, 5.41) is 2.83. The highest BCUT2D eigenvalue weighted by Crippen LogP contribution is 2.29. The van der Waals surface area contributed by atoms with E-state index in [1.54, 1.807) is 6.07 Å². The number of carbonyl (C=O) groups excluding carboxylic acids is 2. The maximum absolute atomic E-state index is 15.0. The van der Waals surface area contributed by atoms with E-state index in [0.717, 1.165) is 24.7 Å². The van der Waals surface area contributed by atoms with Gasteiger partial charge in [0.2, 0.25) is 5.91 Å². The number of ether oxygens (including phenoxy) is 1. The third-order valence-electron chi connectivity index (χ3n) is 8.74. The van der Waals surface area contributed by atoms with Crippen LogP contribution in [0.1, 0.15) is 66.4 Å². The number of piperidine rings is 2. The molecule has 1 amide bonds. The quantitative estimate of drug-likeness (QED) is 0.320. The van der Waals surface area contributed by atoms with Crippen LogP contribution in [0.25, 0.3) is 11.1 Å². The molecule has 0 aromatic heterocycles. The fraction of sp³-hybridized carbons (Fsp3) is 0.412. The van der Waals surface area contributed by atoms with Crippen LogP contribution in [0.2, 0.25) is 0 Å². The average Bonchev–Trinajstić information content (AvgIpc) is 3.03. The number of rotatable bonds is 8. The number of nitrogens with zero attached hydrogens (tertiary/aromatic N) is 2. The van der Waals surface area contributed by atoms with E-state index in [1.807, 2.05) is 19.1 Å². The van der Waals surface area contributed by atoms with Crippen molar-refractivity contribution in [1.29, 1.82) is 0 Å². The number of benzene rings is 3. The molecular formula is C34H39F2N3O3. The van der Waals surface area contributed by atoms with Crippen molar-refractivity contribution in [3.63, 3.8) is 0 Å². The SMILES string of the molecule is COC(=O)c1c(F)cccc1-c1ccc(CNC(=O)C(C)c2ccc(N3CCC(N4CCCCC4)CC3)cc2)c(F)c1. The van der Waals surface area contributed by atoms with Crippen LogP contribution in [0.15, 0.2) is 60.7 Å². The Morgan fingerprint density at radius 3 is 2.31 bits per heavy atom. The summed E-state index contributed by atoms with van der Waals surface area (Å²) >= 11 is 0. The van der Waals surface area contributed by atoms with Gasteiger partial charge in [-0.25, -0.2) is 13.6 Å². The minimum atomic E-state index is -0.834. The highest BCUT2D eigenvalue weighted by atomic mass is 19.1. The standard InChI is InChI=1S/C34H39F2N3O3/c1-23(24-11-13-27(14-12-24)39-19-15-28(16-20-39)38-17-4-3-5-18-38)33(40)37-22-26-10-9-25(21-31(26)36)29-7-6-8-30(35)32(29)34(41)42-2/h6-14,21,23,28H,3-5,15-20,22H2,1-2H3,(H,37,40). The molecule has 2 heterocycles. The zero-order valence-corrected chi connectivity index (χ0v) is 24.4. The molecule has 3 aromatic rings. The van der Waals surface area contributed by atoms with Crippen LogP contribution in [-0.4, -0.2) is 56.1 Å². The molecule has 1 atom stereocenters. The molecule has 8 heteroatoms. The third kappa shape index (κ3) is 6.65. The number of hydrogen-bond acceptors (Lipinski definition) is 5. The molecule has 0 spiro atoms. The zero-order valence-electron chi connectivity index (χ0n) is 24.4. The molecule has 0 saturated carbocycles. The van der Waals surface area contributed by atoms with E-state index in [9.17, 15) is 14.0 Å². The van der Waals surface area contributed by atoms with E-state index >= 15 is 4.39 Å². The van der Waals surface area contributed by atoms with Gasteiger partial charge in [-0.05, 0) is 86.7 Å². The second-order valence-electron chi connectivity index (χ2n) is 11.3. The van der Waals surface area contributed by atoms with Crippen LogP contribution in [-0.2, 0) is 16.1 Å². The number of likely N-dealkylation sites (tertiary alicyclic amines) is 1. The van der Waals surface area contributed by atoms with E-state index in [2.05, 4.69) is 27.2 Å². The number of methoxy groups -OCH3 is 1. The van der Waals surface area contributed by atoms with Crippen molar-refractivity contribution in [2.24, 2.45) is 0 Å². The Hall–Kier alpha value is -3.78. The van der Waals surface area contributed by atoms with Gasteiger partial charge in [0.1, 0.15) is 17.2 Å². The number of nitrogens with one attached hydrogen (secondary N) is 1. The van der Waals surface area contributed by atoms with Crippen LogP contribution < -0.4 is 10.2 Å². The molecule has 2 saturated heterocycles. The molecule has 3 aromatic carbocycles. The molecule has 1 N–H and O–H groups in total. The minimum absolute atomic E-state index is 0.00629. The Morgan fingerprint density at radius 1 is 0.929 bits per heavy atom. The Kier molecular flexibility index (Phi) is 9.52. The van der Waals surface area contributed by atoms with Gasteiger partial charge in [-0.3, -0.25) is 4.79 Å². The maximum Gasteiger partial charge on any atom is 0.341 e. The van der Waals surface area contributed by atoms with Gasteiger partial charge in [-0.2, -0.15) is 0 Å². The molecule has 2 fully saturated rings. The summed E-state index contributed by atoms with van der Waals surface area (Å²) in [6, 6.07) is 17.4. The summed E-state index contributed by atoms with van der Waals surface area (Å²) in [4.78, 5) is 30.1. The second kappa shape index (κ2) is 13.5. The third-order valence-corrected chi connectivity index (χ3v) is 8.74. The summed E-state index contributed by atoms with van der Waals surface area (Å²) in [6.45, 7) is 6.42. The van der Waals surface area contributed by atoms with Gasteiger partial charge in [0.25, 0.3) is 0 Å². The van der Waals surface area contributed by atoms with Crippen LogP contribution in [0, 0.1) is 11.6 Å². The van der Waals surface area contributed by atoms with E-state index < -0.39 is 23.5 Å². The van der Waals surface area contributed by atoms with Gasteiger partial charge in [0.05, 0.1) is 13.0 Å².